The summed E-state index contributed by atoms with van der Waals surface area (Å²) in [5.41, 5.74) is 6.39. The van der Waals surface area contributed by atoms with Crippen LogP contribution in [0, 0.1) is 0 Å². The first-order valence-electron chi connectivity index (χ1n) is 6.69. The second-order valence-electron chi connectivity index (χ2n) is 5.13. The zero-order valence-electron chi connectivity index (χ0n) is 11.7. The number of aromatic nitrogens is 2. The van der Waals surface area contributed by atoms with E-state index in [1.54, 1.807) is 17.9 Å². The van der Waals surface area contributed by atoms with Crippen LogP contribution >= 0.6 is 0 Å². The molecule has 1 aliphatic heterocycles. The van der Waals surface area contributed by atoms with Gasteiger partial charge in [-0.2, -0.15) is 18.3 Å². The van der Waals surface area contributed by atoms with Crippen molar-refractivity contribution >= 4 is 17.4 Å². The van der Waals surface area contributed by atoms with Gasteiger partial charge in [0.05, 0.1) is 11.9 Å². The molecule has 9 heteroatoms. The van der Waals surface area contributed by atoms with Gasteiger partial charge in [-0.15, -0.1) is 0 Å². The molecule has 0 bridgehead atoms. The Morgan fingerprint density at radius 2 is 2.14 bits per heavy atom. The van der Waals surface area contributed by atoms with Crippen LogP contribution in [-0.2, 0) is 11.8 Å². The van der Waals surface area contributed by atoms with E-state index < -0.39 is 18.1 Å². The van der Waals surface area contributed by atoms with E-state index in [-0.39, 0.29) is 0 Å². The monoisotopic (exact) mass is 305 g/mol. The number of anilines is 2. The van der Waals surface area contributed by atoms with E-state index in [2.05, 4.69) is 5.10 Å². The highest BCUT2D eigenvalue weighted by Gasteiger charge is 2.39. The molecule has 3 N–H and O–H groups in total. The van der Waals surface area contributed by atoms with Gasteiger partial charge < -0.3 is 16.0 Å². The molecule has 21 heavy (non-hydrogen) atoms. The number of halogens is 3. The molecule has 1 aliphatic rings. The Kier molecular flexibility index (Phi) is 4.29. The van der Waals surface area contributed by atoms with Crippen molar-refractivity contribution in [2.24, 2.45) is 7.05 Å². The maximum Gasteiger partial charge on any atom is 0.471 e. The highest BCUT2D eigenvalue weighted by Crippen LogP contribution is 2.25. The Balaban J connectivity index is 1.98. The van der Waals surface area contributed by atoms with E-state index in [0.29, 0.717) is 38.0 Å². The third kappa shape index (κ3) is 3.59. The molecule has 118 valence electrons. The predicted molar refractivity (Wildman–Crippen MR) is 71.7 cm³/mol. The molecule has 0 radical (unpaired) electrons. The smallest absolute Gasteiger partial charge is 0.394 e. The quantitative estimate of drug-likeness (QED) is 0.856. The summed E-state index contributed by atoms with van der Waals surface area (Å²) in [4.78, 5) is 13.0. The number of hydrogen-bond donors (Lipinski definition) is 2. The number of rotatable bonds is 2. The van der Waals surface area contributed by atoms with Crippen LogP contribution in [0.4, 0.5) is 24.7 Å². The van der Waals surface area contributed by atoms with Crippen LogP contribution in [0.25, 0.3) is 0 Å². The molecule has 1 amide bonds. The Bertz CT molecular complexity index is 494. The molecule has 0 spiro atoms. The summed E-state index contributed by atoms with van der Waals surface area (Å²) in [5, 5.41) is 6.10. The first kappa shape index (κ1) is 15.5. The van der Waals surface area contributed by atoms with Gasteiger partial charge in [0.15, 0.2) is 0 Å². The fourth-order valence-electron chi connectivity index (χ4n) is 2.56. The topological polar surface area (TPSA) is 76.2 Å². The van der Waals surface area contributed by atoms with Crippen molar-refractivity contribution in [3.05, 3.63) is 6.20 Å². The molecular formula is C12H18F3N5O. The SMILES string of the molecule is Cn1ncc(N)c1N1CCC[C@H](NC(=O)C(F)(F)F)CC1. The first-order valence-corrected chi connectivity index (χ1v) is 6.69. The van der Waals surface area contributed by atoms with Crippen LogP contribution in [0.2, 0.25) is 0 Å². The van der Waals surface area contributed by atoms with E-state index in [0.717, 1.165) is 5.82 Å². The zero-order chi connectivity index (χ0) is 15.6. The summed E-state index contributed by atoms with van der Waals surface area (Å²) in [5.74, 6) is -1.11. The number of nitrogens with one attached hydrogen (secondary N) is 1. The van der Waals surface area contributed by atoms with E-state index in [9.17, 15) is 18.0 Å². The number of nitrogens with two attached hydrogens (primary N) is 1. The molecule has 0 aromatic carbocycles. The van der Waals surface area contributed by atoms with Crippen LogP contribution in [0.1, 0.15) is 19.3 Å². The Hall–Kier alpha value is -1.93. The van der Waals surface area contributed by atoms with Gasteiger partial charge in [-0.3, -0.25) is 9.48 Å². The molecule has 2 heterocycles. The normalized spacial score (nSPS) is 20.2. The van der Waals surface area contributed by atoms with Crippen molar-refractivity contribution in [2.45, 2.75) is 31.5 Å². The molecule has 1 aromatic rings. The third-order valence-electron chi connectivity index (χ3n) is 3.56. The highest BCUT2D eigenvalue weighted by atomic mass is 19.4. The van der Waals surface area contributed by atoms with Crippen molar-refractivity contribution in [3.63, 3.8) is 0 Å². The predicted octanol–water partition coefficient (Wildman–Crippen LogP) is 1.04. The minimum absolute atomic E-state index is 0.437. The first-order chi connectivity index (χ1) is 9.79. The third-order valence-corrected chi connectivity index (χ3v) is 3.56. The van der Waals surface area contributed by atoms with Gasteiger partial charge in [0.2, 0.25) is 0 Å². The minimum Gasteiger partial charge on any atom is -0.394 e. The molecule has 0 unspecified atom stereocenters. The van der Waals surface area contributed by atoms with Crippen LogP contribution in [-0.4, -0.2) is 41.0 Å². The van der Waals surface area contributed by atoms with Gasteiger partial charge >= 0.3 is 12.1 Å². The molecule has 0 aliphatic carbocycles. The summed E-state index contributed by atoms with van der Waals surface area (Å²) in [6.07, 6.45) is -1.67. The van der Waals surface area contributed by atoms with Gasteiger partial charge in [-0.1, -0.05) is 0 Å². The summed E-state index contributed by atoms with van der Waals surface area (Å²) in [7, 11) is 1.76. The van der Waals surface area contributed by atoms with Crippen LogP contribution in [0.15, 0.2) is 6.20 Å². The van der Waals surface area contributed by atoms with Crippen LogP contribution in [0.5, 0.6) is 0 Å². The number of carbonyl (C=O) groups is 1. The molecule has 1 saturated heterocycles. The lowest BCUT2D eigenvalue weighted by atomic mass is 10.1. The van der Waals surface area contributed by atoms with Gasteiger partial charge in [-0.25, -0.2) is 0 Å². The minimum atomic E-state index is -4.83. The maximum atomic E-state index is 12.3. The van der Waals surface area contributed by atoms with Crippen molar-refractivity contribution < 1.29 is 18.0 Å². The van der Waals surface area contributed by atoms with Crippen molar-refractivity contribution in [2.75, 3.05) is 23.7 Å². The average Bonchev–Trinajstić information content (AvgIpc) is 2.61. The summed E-state index contributed by atoms with van der Waals surface area (Å²) < 4.78 is 38.4. The van der Waals surface area contributed by atoms with Gasteiger partial charge in [0.1, 0.15) is 5.82 Å². The van der Waals surface area contributed by atoms with E-state index in [4.69, 9.17) is 5.73 Å². The summed E-state index contributed by atoms with van der Waals surface area (Å²) >= 11 is 0. The number of alkyl halides is 3. The Morgan fingerprint density at radius 3 is 2.71 bits per heavy atom. The molecule has 1 atom stereocenters. The second-order valence-corrected chi connectivity index (χ2v) is 5.13. The molecule has 0 saturated carbocycles. The Morgan fingerprint density at radius 1 is 1.43 bits per heavy atom. The lowest BCUT2D eigenvalue weighted by Crippen LogP contribution is -2.43. The number of nitrogens with zero attached hydrogens (tertiary/aromatic N) is 3. The zero-order valence-corrected chi connectivity index (χ0v) is 11.7. The van der Waals surface area contributed by atoms with E-state index in [1.807, 2.05) is 10.2 Å². The van der Waals surface area contributed by atoms with Crippen molar-refractivity contribution in [3.8, 4) is 0 Å². The average molecular weight is 305 g/mol. The number of nitrogen functional groups attached to an aromatic ring is 1. The number of amides is 1. The lowest BCUT2D eigenvalue weighted by Gasteiger charge is -2.23. The van der Waals surface area contributed by atoms with Crippen molar-refractivity contribution in [1.29, 1.82) is 0 Å². The van der Waals surface area contributed by atoms with Gasteiger partial charge in [0.25, 0.3) is 0 Å². The second kappa shape index (κ2) is 5.82. The van der Waals surface area contributed by atoms with E-state index in [1.165, 1.54) is 0 Å². The molecule has 6 nitrogen and oxygen atoms in total. The summed E-state index contributed by atoms with van der Waals surface area (Å²) in [6.45, 7) is 1.19. The fraction of sp³-hybridized carbons (Fsp3) is 0.667. The molecule has 1 aromatic heterocycles. The largest absolute Gasteiger partial charge is 0.471 e. The van der Waals surface area contributed by atoms with Crippen molar-refractivity contribution in [1.82, 2.24) is 15.1 Å². The van der Waals surface area contributed by atoms with Crippen LogP contribution in [0.3, 0.4) is 0 Å². The van der Waals surface area contributed by atoms with E-state index >= 15 is 0 Å². The lowest BCUT2D eigenvalue weighted by molar-refractivity contribution is -0.174. The Labute approximate surface area is 120 Å². The summed E-state index contributed by atoms with van der Waals surface area (Å²) in [6, 6.07) is -0.474. The molecule has 1 fully saturated rings. The maximum absolute atomic E-state index is 12.3. The standard InChI is InChI=1S/C12H18F3N5O/c1-19-10(9(16)7-17-19)20-5-2-3-8(4-6-20)18-11(21)12(13,14)15/h7-8H,2-6,16H2,1H3,(H,18,21)/t8-/m0/s1. The number of carbonyl (C=O) groups excluding carboxylic acids is 1. The highest BCUT2D eigenvalue weighted by molar-refractivity contribution is 5.81. The van der Waals surface area contributed by atoms with Crippen LogP contribution < -0.4 is 16.0 Å². The van der Waals surface area contributed by atoms with Gasteiger partial charge in [0, 0.05) is 26.2 Å². The number of aryl methyl sites for hydroxylation is 1. The molecule has 2 rings (SSSR count). The van der Waals surface area contributed by atoms with Gasteiger partial charge in [-0.05, 0) is 19.3 Å². The number of hydrogen-bond acceptors (Lipinski definition) is 4. The fourth-order valence-corrected chi connectivity index (χ4v) is 2.56. The molecular weight excluding hydrogens is 287 g/mol.